The lowest BCUT2D eigenvalue weighted by Crippen LogP contribution is -2.07. The quantitative estimate of drug-likeness (QED) is 0.390. The van der Waals surface area contributed by atoms with Gasteiger partial charge in [0.2, 0.25) is 0 Å². The fourth-order valence-corrected chi connectivity index (χ4v) is 6.16. The van der Waals surface area contributed by atoms with Gasteiger partial charge in [-0.25, -0.2) is 9.59 Å². The van der Waals surface area contributed by atoms with Crippen molar-refractivity contribution in [2.24, 2.45) is 0 Å². The number of ether oxygens (including phenoxy) is 2. The van der Waals surface area contributed by atoms with Crippen molar-refractivity contribution in [2.45, 2.75) is 33.6 Å². The first-order chi connectivity index (χ1) is 15.2. The van der Waals surface area contributed by atoms with Crippen LogP contribution in [0.25, 0.3) is 0 Å². The standard InChI is InChI=1S/C23H23ClO6S2/c1-5-29-22(27)15-11(3)31-20(18(15)25)17(13-9-7-8-10-14(13)24)21-19(26)16(12(4)32-21)23(28)30-6-2/h7-10,17,25-26H,5-6H2,1-4H3. The van der Waals surface area contributed by atoms with Crippen LogP contribution in [-0.2, 0) is 9.47 Å². The van der Waals surface area contributed by atoms with Gasteiger partial charge in [-0.1, -0.05) is 29.8 Å². The van der Waals surface area contributed by atoms with Gasteiger partial charge in [-0.15, -0.1) is 22.7 Å². The first kappa shape index (κ1) is 24.1. The van der Waals surface area contributed by atoms with Crippen molar-refractivity contribution in [2.75, 3.05) is 13.2 Å². The predicted octanol–water partition coefficient (Wildman–Crippen LogP) is 6.02. The molecular formula is C23H23ClO6S2. The number of esters is 2. The summed E-state index contributed by atoms with van der Waals surface area (Å²) in [6.07, 6.45) is 0. The lowest BCUT2D eigenvalue weighted by molar-refractivity contribution is 0.0513. The topological polar surface area (TPSA) is 93.1 Å². The van der Waals surface area contributed by atoms with E-state index in [0.29, 0.717) is 30.1 Å². The summed E-state index contributed by atoms with van der Waals surface area (Å²) in [4.78, 5) is 26.9. The minimum atomic E-state index is -0.706. The molecule has 9 heteroatoms. The monoisotopic (exact) mass is 494 g/mol. The Kier molecular flexibility index (Phi) is 7.48. The Morgan fingerprint density at radius 2 is 1.34 bits per heavy atom. The molecule has 0 aliphatic rings. The molecule has 0 saturated carbocycles. The average Bonchev–Trinajstić information content (AvgIpc) is 3.19. The predicted molar refractivity (Wildman–Crippen MR) is 126 cm³/mol. The van der Waals surface area contributed by atoms with Crippen LogP contribution in [0.1, 0.15) is 65.6 Å². The maximum atomic E-state index is 12.4. The van der Waals surface area contributed by atoms with Crippen LogP contribution >= 0.6 is 34.3 Å². The number of carbonyl (C=O) groups is 2. The summed E-state index contributed by atoms with van der Waals surface area (Å²) in [6.45, 7) is 7.15. The van der Waals surface area contributed by atoms with E-state index in [4.69, 9.17) is 21.1 Å². The highest BCUT2D eigenvalue weighted by Crippen LogP contribution is 2.51. The molecule has 0 spiro atoms. The Labute approximate surface area is 199 Å². The highest BCUT2D eigenvalue weighted by Gasteiger charge is 2.35. The SMILES string of the molecule is CCOC(=O)c1c(C)sc(C(c2ccccc2Cl)c2sc(C)c(C(=O)OCC)c2O)c1O. The third-order valence-electron chi connectivity index (χ3n) is 4.87. The molecule has 1 aromatic carbocycles. The van der Waals surface area contributed by atoms with Crippen LogP contribution in [0.5, 0.6) is 11.5 Å². The summed E-state index contributed by atoms with van der Waals surface area (Å²) in [5, 5.41) is 22.5. The smallest absolute Gasteiger partial charge is 0.343 e. The second kappa shape index (κ2) is 9.94. The number of hydrogen-bond acceptors (Lipinski definition) is 8. The molecule has 0 aliphatic heterocycles. The molecule has 0 fully saturated rings. The second-order valence-corrected chi connectivity index (χ2v) is 9.81. The lowest BCUT2D eigenvalue weighted by Gasteiger charge is -2.17. The van der Waals surface area contributed by atoms with E-state index in [0.717, 1.165) is 0 Å². The van der Waals surface area contributed by atoms with Gasteiger partial charge in [0.1, 0.15) is 22.6 Å². The Balaban J connectivity index is 2.27. The molecule has 6 nitrogen and oxygen atoms in total. The van der Waals surface area contributed by atoms with Crippen LogP contribution in [-0.4, -0.2) is 35.4 Å². The number of thiophene rings is 2. The molecule has 2 N–H and O–H groups in total. The van der Waals surface area contributed by atoms with Gasteiger partial charge >= 0.3 is 11.9 Å². The number of aryl methyl sites for hydroxylation is 2. The Morgan fingerprint density at radius 1 is 0.906 bits per heavy atom. The Hall–Kier alpha value is -2.55. The summed E-state index contributed by atoms with van der Waals surface area (Å²) in [6, 6.07) is 7.05. The molecule has 2 aromatic heterocycles. The zero-order valence-electron chi connectivity index (χ0n) is 18.0. The summed E-state index contributed by atoms with van der Waals surface area (Å²) in [5.41, 5.74) is 0.789. The van der Waals surface area contributed by atoms with E-state index in [1.807, 2.05) is 0 Å². The summed E-state index contributed by atoms with van der Waals surface area (Å²) in [7, 11) is 0. The fourth-order valence-electron chi connectivity index (χ4n) is 3.50. The molecule has 0 radical (unpaired) electrons. The molecule has 32 heavy (non-hydrogen) atoms. The maximum Gasteiger partial charge on any atom is 0.343 e. The molecule has 2 heterocycles. The van der Waals surface area contributed by atoms with Gasteiger partial charge in [-0.2, -0.15) is 0 Å². The van der Waals surface area contributed by atoms with Crippen molar-refractivity contribution < 1.29 is 29.3 Å². The van der Waals surface area contributed by atoms with Crippen LogP contribution < -0.4 is 0 Å². The molecule has 170 valence electrons. The van der Waals surface area contributed by atoms with E-state index in [1.54, 1.807) is 52.0 Å². The van der Waals surface area contributed by atoms with Crippen LogP contribution in [0.15, 0.2) is 24.3 Å². The van der Waals surface area contributed by atoms with E-state index in [2.05, 4.69) is 0 Å². The zero-order chi connectivity index (χ0) is 23.6. The normalized spacial score (nSPS) is 11.1. The van der Waals surface area contributed by atoms with E-state index in [-0.39, 0.29) is 35.8 Å². The van der Waals surface area contributed by atoms with Gasteiger partial charge in [0.15, 0.2) is 0 Å². The number of carbonyl (C=O) groups excluding carboxylic acids is 2. The third kappa shape index (κ3) is 4.35. The van der Waals surface area contributed by atoms with Crippen LogP contribution in [0.2, 0.25) is 5.02 Å². The highest BCUT2D eigenvalue weighted by atomic mass is 35.5. The Morgan fingerprint density at radius 3 is 1.75 bits per heavy atom. The third-order valence-corrected chi connectivity index (χ3v) is 7.53. The molecule has 0 saturated heterocycles. The highest BCUT2D eigenvalue weighted by molar-refractivity contribution is 7.14. The molecule has 3 aromatic rings. The zero-order valence-corrected chi connectivity index (χ0v) is 20.4. The fraction of sp³-hybridized carbons (Fsp3) is 0.304. The number of aromatic hydroxyl groups is 2. The summed E-state index contributed by atoms with van der Waals surface area (Å²) >= 11 is 8.93. The van der Waals surface area contributed by atoms with Crippen molar-refractivity contribution in [3.05, 3.63) is 65.5 Å². The van der Waals surface area contributed by atoms with Crippen molar-refractivity contribution in [1.29, 1.82) is 0 Å². The molecule has 3 rings (SSSR count). The van der Waals surface area contributed by atoms with Crippen molar-refractivity contribution in [3.63, 3.8) is 0 Å². The van der Waals surface area contributed by atoms with E-state index in [9.17, 15) is 19.8 Å². The average molecular weight is 495 g/mol. The van der Waals surface area contributed by atoms with E-state index < -0.39 is 17.9 Å². The first-order valence-electron chi connectivity index (χ1n) is 9.95. The van der Waals surface area contributed by atoms with Crippen LogP contribution in [0.3, 0.4) is 0 Å². The van der Waals surface area contributed by atoms with Gasteiger partial charge < -0.3 is 19.7 Å². The van der Waals surface area contributed by atoms with Gasteiger partial charge in [-0.3, -0.25) is 0 Å². The molecule has 0 bridgehead atoms. The number of hydrogen-bond donors (Lipinski definition) is 2. The lowest BCUT2D eigenvalue weighted by atomic mass is 9.93. The first-order valence-corrected chi connectivity index (χ1v) is 12.0. The largest absolute Gasteiger partial charge is 0.506 e. The number of halogens is 1. The number of rotatable bonds is 7. The molecule has 0 unspecified atom stereocenters. The minimum Gasteiger partial charge on any atom is -0.506 e. The van der Waals surface area contributed by atoms with Gasteiger partial charge in [0.05, 0.1) is 28.9 Å². The Bertz CT molecular complexity index is 1100. The van der Waals surface area contributed by atoms with E-state index in [1.165, 1.54) is 22.7 Å². The van der Waals surface area contributed by atoms with E-state index >= 15 is 0 Å². The molecule has 0 atom stereocenters. The van der Waals surface area contributed by atoms with Gasteiger partial charge in [0, 0.05) is 14.8 Å². The molecule has 0 amide bonds. The summed E-state index contributed by atoms with van der Waals surface area (Å²) in [5.74, 6) is -2.40. The van der Waals surface area contributed by atoms with Crippen molar-refractivity contribution >= 4 is 46.2 Å². The summed E-state index contributed by atoms with van der Waals surface area (Å²) < 4.78 is 10.2. The van der Waals surface area contributed by atoms with Crippen molar-refractivity contribution in [1.82, 2.24) is 0 Å². The van der Waals surface area contributed by atoms with Gasteiger partial charge in [0.25, 0.3) is 0 Å². The minimum absolute atomic E-state index is 0.0855. The number of benzene rings is 1. The molecular weight excluding hydrogens is 472 g/mol. The van der Waals surface area contributed by atoms with Crippen LogP contribution in [0, 0.1) is 13.8 Å². The van der Waals surface area contributed by atoms with Crippen molar-refractivity contribution in [3.8, 4) is 11.5 Å². The molecule has 0 aliphatic carbocycles. The van der Waals surface area contributed by atoms with Crippen LogP contribution in [0.4, 0.5) is 0 Å². The maximum absolute atomic E-state index is 12.4. The van der Waals surface area contributed by atoms with Gasteiger partial charge in [-0.05, 0) is 39.3 Å². The second-order valence-electron chi connectivity index (χ2n) is 6.89.